The summed E-state index contributed by atoms with van der Waals surface area (Å²) >= 11 is 0. The highest BCUT2D eigenvalue weighted by atomic mass is 15.2. The highest BCUT2D eigenvalue weighted by Crippen LogP contribution is 2.20. The molecule has 2 heteroatoms. The highest BCUT2D eigenvalue weighted by molar-refractivity contribution is 5.52. The van der Waals surface area contributed by atoms with Gasteiger partial charge in [0.2, 0.25) is 0 Å². The Labute approximate surface area is 117 Å². The van der Waals surface area contributed by atoms with Crippen LogP contribution in [0.1, 0.15) is 27.8 Å². The van der Waals surface area contributed by atoms with Crippen molar-refractivity contribution in [3.8, 4) is 11.8 Å². The molecule has 0 aromatic heterocycles. The van der Waals surface area contributed by atoms with Gasteiger partial charge in [0.25, 0.3) is 0 Å². The van der Waals surface area contributed by atoms with Gasteiger partial charge in [-0.1, -0.05) is 17.9 Å². The minimum Gasteiger partial charge on any atom is -0.314 e. The van der Waals surface area contributed by atoms with Gasteiger partial charge >= 0.3 is 0 Å². The highest BCUT2D eigenvalue weighted by Gasteiger charge is 2.08. The number of aryl methyl sites for hydroxylation is 2. The molecule has 0 amide bonds. The van der Waals surface area contributed by atoms with Crippen LogP contribution in [-0.2, 0) is 0 Å². The van der Waals surface area contributed by atoms with Crippen LogP contribution in [0.4, 0.5) is 0 Å². The van der Waals surface area contributed by atoms with E-state index in [9.17, 15) is 0 Å². The molecule has 1 fully saturated rings. The molecule has 0 aliphatic carbocycles. The second-order valence-electron chi connectivity index (χ2n) is 5.46. The Bertz CT molecular complexity index is 488. The minimum atomic E-state index is 0.882. The quantitative estimate of drug-likeness (QED) is 0.775. The molecule has 1 N–H and O–H groups in total. The second-order valence-corrected chi connectivity index (χ2v) is 5.46. The lowest BCUT2D eigenvalue weighted by Crippen LogP contribution is -2.43. The van der Waals surface area contributed by atoms with Gasteiger partial charge < -0.3 is 5.32 Å². The predicted molar refractivity (Wildman–Crippen MR) is 81.6 cm³/mol. The van der Waals surface area contributed by atoms with E-state index < -0.39 is 0 Å². The maximum atomic E-state index is 3.40. The van der Waals surface area contributed by atoms with Crippen molar-refractivity contribution in [1.82, 2.24) is 10.2 Å². The lowest BCUT2D eigenvalue weighted by atomic mass is 9.94. The van der Waals surface area contributed by atoms with Crippen molar-refractivity contribution >= 4 is 0 Å². The fourth-order valence-electron chi connectivity index (χ4n) is 2.51. The van der Waals surface area contributed by atoms with Gasteiger partial charge in [0.15, 0.2) is 0 Å². The maximum Gasteiger partial charge on any atom is 0.0606 e. The normalized spacial score (nSPS) is 16.0. The number of nitrogens with one attached hydrogen (secondary N) is 1. The summed E-state index contributed by atoms with van der Waals surface area (Å²) in [6.07, 6.45) is 0. The molecule has 2 rings (SSSR count). The molecule has 0 radical (unpaired) electrons. The maximum absolute atomic E-state index is 3.40. The second kappa shape index (κ2) is 6.23. The molecule has 0 saturated carbocycles. The standard InChI is InChI=1S/C17H24N2/c1-13-12-14(2)16(4)17(15(13)3)6-5-9-19-10-7-18-8-11-19/h12,18H,7-11H2,1-4H3. The lowest BCUT2D eigenvalue weighted by Gasteiger charge is -2.24. The zero-order valence-corrected chi connectivity index (χ0v) is 12.6. The van der Waals surface area contributed by atoms with Crippen LogP contribution in [0.5, 0.6) is 0 Å². The zero-order chi connectivity index (χ0) is 13.8. The predicted octanol–water partition coefficient (Wildman–Crippen LogP) is 2.18. The van der Waals surface area contributed by atoms with E-state index in [2.05, 4.69) is 55.8 Å². The number of piperazine rings is 1. The Balaban J connectivity index is 2.15. The van der Waals surface area contributed by atoms with Crippen LogP contribution in [0, 0.1) is 39.5 Å². The van der Waals surface area contributed by atoms with Crippen molar-refractivity contribution in [2.75, 3.05) is 32.7 Å². The van der Waals surface area contributed by atoms with Crippen molar-refractivity contribution in [2.45, 2.75) is 27.7 Å². The Morgan fingerprint density at radius 1 is 1.05 bits per heavy atom. The molecule has 1 saturated heterocycles. The SMILES string of the molecule is Cc1cc(C)c(C)c(C#CCN2CCNCC2)c1C. The largest absolute Gasteiger partial charge is 0.314 e. The summed E-state index contributed by atoms with van der Waals surface area (Å²) in [5.74, 6) is 6.75. The van der Waals surface area contributed by atoms with Crippen LogP contribution in [0.3, 0.4) is 0 Å². The third kappa shape index (κ3) is 3.37. The van der Waals surface area contributed by atoms with Crippen LogP contribution in [0.15, 0.2) is 6.07 Å². The molecular formula is C17H24N2. The van der Waals surface area contributed by atoms with E-state index in [0.717, 1.165) is 32.7 Å². The summed E-state index contributed by atoms with van der Waals surface area (Å²) in [4.78, 5) is 2.41. The number of nitrogens with zero attached hydrogens (tertiary/aromatic N) is 1. The van der Waals surface area contributed by atoms with Crippen LogP contribution < -0.4 is 5.32 Å². The summed E-state index contributed by atoms with van der Waals surface area (Å²) in [6.45, 7) is 14.0. The van der Waals surface area contributed by atoms with Crippen molar-refractivity contribution in [2.24, 2.45) is 0 Å². The molecule has 0 spiro atoms. The van der Waals surface area contributed by atoms with Gasteiger partial charge in [-0.25, -0.2) is 0 Å². The van der Waals surface area contributed by atoms with Crippen molar-refractivity contribution in [3.63, 3.8) is 0 Å². The molecule has 102 valence electrons. The molecule has 1 heterocycles. The van der Waals surface area contributed by atoms with E-state index in [0.29, 0.717) is 0 Å². The smallest absolute Gasteiger partial charge is 0.0606 e. The molecule has 1 aromatic rings. The van der Waals surface area contributed by atoms with Gasteiger partial charge in [-0.15, -0.1) is 0 Å². The number of hydrogen-bond donors (Lipinski definition) is 1. The molecular weight excluding hydrogens is 232 g/mol. The molecule has 0 atom stereocenters. The fourth-order valence-corrected chi connectivity index (χ4v) is 2.51. The first-order chi connectivity index (χ1) is 9.09. The van der Waals surface area contributed by atoms with Gasteiger partial charge in [-0.2, -0.15) is 0 Å². The van der Waals surface area contributed by atoms with Crippen LogP contribution in [0.25, 0.3) is 0 Å². The van der Waals surface area contributed by atoms with Gasteiger partial charge in [0.1, 0.15) is 0 Å². The van der Waals surface area contributed by atoms with E-state index in [1.807, 2.05) is 0 Å². The molecule has 0 unspecified atom stereocenters. The van der Waals surface area contributed by atoms with Crippen molar-refractivity contribution < 1.29 is 0 Å². The number of benzene rings is 1. The van der Waals surface area contributed by atoms with E-state index in [1.54, 1.807) is 0 Å². The van der Waals surface area contributed by atoms with Crippen LogP contribution in [-0.4, -0.2) is 37.6 Å². The van der Waals surface area contributed by atoms with Gasteiger partial charge in [0, 0.05) is 31.7 Å². The Kier molecular flexibility index (Phi) is 4.63. The Hall–Kier alpha value is -1.30. The summed E-state index contributed by atoms with van der Waals surface area (Å²) in [5, 5.41) is 3.37. The summed E-state index contributed by atoms with van der Waals surface area (Å²) < 4.78 is 0. The Morgan fingerprint density at radius 3 is 2.21 bits per heavy atom. The zero-order valence-electron chi connectivity index (χ0n) is 12.6. The third-order valence-electron chi connectivity index (χ3n) is 4.09. The van der Waals surface area contributed by atoms with E-state index in [4.69, 9.17) is 0 Å². The number of hydrogen-bond acceptors (Lipinski definition) is 2. The summed E-state index contributed by atoms with van der Waals surface area (Å²) in [5.41, 5.74) is 6.57. The first-order valence-electron chi connectivity index (χ1n) is 7.09. The van der Waals surface area contributed by atoms with E-state index >= 15 is 0 Å². The topological polar surface area (TPSA) is 15.3 Å². The first kappa shape index (κ1) is 14.1. The van der Waals surface area contributed by atoms with Gasteiger partial charge in [-0.3, -0.25) is 4.90 Å². The molecule has 0 bridgehead atoms. The van der Waals surface area contributed by atoms with Crippen molar-refractivity contribution in [1.29, 1.82) is 0 Å². The van der Waals surface area contributed by atoms with Crippen LogP contribution in [0.2, 0.25) is 0 Å². The van der Waals surface area contributed by atoms with Crippen molar-refractivity contribution in [3.05, 3.63) is 33.9 Å². The summed E-state index contributed by atoms with van der Waals surface area (Å²) in [6, 6.07) is 2.26. The first-order valence-corrected chi connectivity index (χ1v) is 7.09. The van der Waals surface area contributed by atoms with E-state index in [-0.39, 0.29) is 0 Å². The molecule has 1 aliphatic rings. The molecule has 2 nitrogen and oxygen atoms in total. The average molecular weight is 256 g/mol. The minimum absolute atomic E-state index is 0.882. The number of rotatable bonds is 1. The monoisotopic (exact) mass is 256 g/mol. The fraction of sp³-hybridized carbons (Fsp3) is 0.529. The molecule has 1 aliphatic heterocycles. The summed E-state index contributed by atoms with van der Waals surface area (Å²) in [7, 11) is 0. The van der Waals surface area contributed by atoms with Gasteiger partial charge in [0.05, 0.1) is 6.54 Å². The van der Waals surface area contributed by atoms with Crippen LogP contribution >= 0.6 is 0 Å². The molecule has 19 heavy (non-hydrogen) atoms. The lowest BCUT2D eigenvalue weighted by molar-refractivity contribution is 0.268. The Morgan fingerprint density at radius 2 is 1.63 bits per heavy atom. The average Bonchev–Trinajstić information content (AvgIpc) is 2.42. The van der Waals surface area contributed by atoms with E-state index in [1.165, 1.54) is 27.8 Å². The third-order valence-corrected chi connectivity index (χ3v) is 4.09. The molecule has 1 aromatic carbocycles. The van der Waals surface area contributed by atoms with Gasteiger partial charge in [-0.05, 0) is 49.9 Å².